The van der Waals surface area contributed by atoms with Crippen LogP contribution < -0.4 is 0 Å². The van der Waals surface area contributed by atoms with Gasteiger partial charge in [-0.15, -0.1) is 5.10 Å². The zero-order valence-electron chi connectivity index (χ0n) is 9.75. The normalized spacial score (nSPS) is 10.2. The minimum Gasteiger partial charge on any atom is -0.460 e. The Labute approximate surface area is 99.1 Å². The number of carbonyl (C=O) groups excluding carboxylic acids is 1. The first-order chi connectivity index (χ1) is 8.22. The summed E-state index contributed by atoms with van der Waals surface area (Å²) >= 11 is 0. The van der Waals surface area contributed by atoms with E-state index < -0.39 is 5.97 Å². The second-order valence-electron chi connectivity index (χ2n) is 3.52. The highest BCUT2D eigenvalue weighted by Gasteiger charge is 2.13. The molecule has 1 aromatic heterocycles. The van der Waals surface area contributed by atoms with Gasteiger partial charge in [0.2, 0.25) is 0 Å². The average Bonchev–Trinajstić information content (AvgIpc) is 2.79. The summed E-state index contributed by atoms with van der Waals surface area (Å²) in [6.45, 7) is 4.04. The number of nitrogens with zero attached hydrogens (tertiary/aromatic N) is 3. The van der Waals surface area contributed by atoms with Gasteiger partial charge in [0.15, 0.2) is 0 Å². The first kappa shape index (κ1) is 11.3. The summed E-state index contributed by atoms with van der Waals surface area (Å²) in [6.07, 6.45) is 1.51. The van der Waals surface area contributed by atoms with Crippen molar-refractivity contribution < 1.29 is 9.53 Å². The molecule has 0 saturated heterocycles. The lowest BCUT2D eigenvalue weighted by Gasteiger charge is -2.03. The third-order valence-electron chi connectivity index (χ3n) is 2.31. The van der Waals surface area contributed by atoms with E-state index in [0.29, 0.717) is 6.61 Å². The predicted molar refractivity (Wildman–Crippen MR) is 62.1 cm³/mol. The number of para-hydroxylation sites is 1. The molecular weight excluding hydrogens is 218 g/mol. The van der Waals surface area contributed by atoms with Crippen LogP contribution >= 0.6 is 0 Å². The maximum atomic E-state index is 11.4. The molecule has 0 amide bonds. The average molecular weight is 231 g/mol. The van der Waals surface area contributed by atoms with Crippen molar-refractivity contribution in [2.24, 2.45) is 0 Å². The summed E-state index contributed by atoms with van der Waals surface area (Å²) in [7, 11) is 0. The molecule has 0 aliphatic heterocycles. The molecule has 1 aromatic carbocycles. The summed E-state index contributed by atoms with van der Waals surface area (Å²) in [5, 5.41) is 4.09. The monoisotopic (exact) mass is 231 g/mol. The van der Waals surface area contributed by atoms with E-state index in [1.54, 1.807) is 11.6 Å². The van der Waals surface area contributed by atoms with Crippen molar-refractivity contribution in [1.29, 1.82) is 0 Å². The van der Waals surface area contributed by atoms with Crippen LogP contribution in [0, 0.1) is 6.92 Å². The molecule has 0 saturated carbocycles. The topological polar surface area (TPSA) is 57.0 Å². The molecule has 0 spiro atoms. The van der Waals surface area contributed by atoms with Crippen LogP contribution in [0.25, 0.3) is 5.69 Å². The van der Waals surface area contributed by atoms with Gasteiger partial charge < -0.3 is 4.74 Å². The second-order valence-corrected chi connectivity index (χ2v) is 3.52. The lowest BCUT2D eigenvalue weighted by molar-refractivity contribution is 0.0512. The van der Waals surface area contributed by atoms with E-state index in [2.05, 4.69) is 10.1 Å². The van der Waals surface area contributed by atoms with Gasteiger partial charge in [0, 0.05) is 0 Å². The summed E-state index contributed by atoms with van der Waals surface area (Å²) in [4.78, 5) is 15.3. The van der Waals surface area contributed by atoms with Gasteiger partial charge in [0.25, 0.3) is 5.82 Å². The third-order valence-corrected chi connectivity index (χ3v) is 2.31. The minimum absolute atomic E-state index is 0.0788. The number of hydrogen-bond donors (Lipinski definition) is 0. The van der Waals surface area contributed by atoms with Crippen LogP contribution in [0.4, 0.5) is 0 Å². The number of rotatable bonds is 3. The number of aryl methyl sites for hydroxylation is 1. The van der Waals surface area contributed by atoms with Crippen LogP contribution in [0.5, 0.6) is 0 Å². The van der Waals surface area contributed by atoms with Crippen LogP contribution in [0.2, 0.25) is 0 Å². The summed E-state index contributed by atoms with van der Waals surface area (Å²) in [5.74, 6) is -0.421. The second kappa shape index (κ2) is 4.78. The first-order valence-corrected chi connectivity index (χ1v) is 5.37. The summed E-state index contributed by atoms with van der Waals surface area (Å²) in [5.41, 5.74) is 1.96. The SMILES string of the molecule is CCOC(=O)c1ncn(-c2ccccc2C)n1. The van der Waals surface area contributed by atoms with E-state index in [9.17, 15) is 4.79 Å². The molecule has 0 aliphatic rings. The molecule has 0 N–H and O–H groups in total. The Kier molecular flexibility index (Phi) is 3.18. The highest BCUT2D eigenvalue weighted by atomic mass is 16.5. The smallest absolute Gasteiger partial charge is 0.378 e. The fourth-order valence-electron chi connectivity index (χ4n) is 1.49. The highest BCUT2D eigenvalue weighted by Crippen LogP contribution is 2.11. The Morgan fingerprint density at radius 2 is 2.18 bits per heavy atom. The Morgan fingerprint density at radius 1 is 1.41 bits per heavy atom. The molecule has 88 valence electrons. The molecule has 5 nitrogen and oxygen atoms in total. The van der Waals surface area contributed by atoms with E-state index in [1.807, 2.05) is 31.2 Å². The lowest BCUT2D eigenvalue weighted by Crippen LogP contribution is -2.08. The molecule has 17 heavy (non-hydrogen) atoms. The van der Waals surface area contributed by atoms with Gasteiger partial charge in [-0.1, -0.05) is 18.2 Å². The molecule has 0 fully saturated rings. The number of ether oxygens (including phenoxy) is 1. The number of esters is 1. The fraction of sp³-hybridized carbons (Fsp3) is 0.250. The van der Waals surface area contributed by atoms with Crippen molar-refractivity contribution in [2.45, 2.75) is 13.8 Å². The Morgan fingerprint density at radius 3 is 2.88 bits per heavy atom. The van der Waals surface area contributed by atoms with Crippen LogP contribution in [-0.2, 0) is 4.74 Å². The van der Waals surface area contributed by atoms with Crippen molar-refractivity contribution in [3.8, 4) is 5.69 Å². The number of benzene rings is 1. The van der Waals surface area contributed by atoms with E-state index in [1.165, 1.54) is 6.33 Å². The van der Waals surface area contributed by atoms with E-state index in [0.717, 1.165) is 11.3 Å². The molecule has 1 heterocycles. The van der Waals surface area contributed by atoms with Crippen LogP contribution in [0.15, 0.2) is 30.6 Å². The summed E-state index contributed by atoms with van der Waals surface area (Å²) in [6, 6.07) is 7.75. The van der Waals surface area contributed by atoms with Crippen molar-refractivity contribution >= 4 is 5.97 Å². The van der Waals surface area contributed by atoms with Gasteiger partial charge in [-0.2, -0.15) is 0 Å². The van der Waals surface area contributed by atoms with Gasteiger partial charge in [-0.05, 0) is 25.5 Å². The predicted octanol–water partition coefficient (Wildman–Crippen LogP) is 1.75. The fourth-order valence-corrected chi connectivity index (χ4v) is 1.49. The Balaban J connectivity index is 2.30. The standard InChI is InChI=1S/C12H13N3O2/c1-3-17-12(16)11-13-8-15(14-11)10-7-5-4-6-9(10)2/h4-8H,3H2,1-2H3. The van der Waals surface area contributed by atoms with Gasteiger partial charge in [-0.25, -0.2) is 14.5 Å². The zero-order valence-corrected chi connectivity index (χ0v) is 9.75. The quantitative estimate of drug-likeness (QED) is 0.755. The summed E-state index contributed by atoms with van der Waals surface area (Å²) < 4.78 is 6.40. The van der Waals surface area contributed by atoms with Gasteiger partial charge in [0.05, 0.1) is 12.3 Å². The van der Waals surface area contributed by atoms with E-state index in [4.69, 9.17) is 4.74 Å². The minimum atomic E-state index is -0.500. The van der Waals surface area contributed by atoms with E-state index in [-0.39, 0.29) is 5.82 Å². The molecule has 0 aliphatic carbocycles. The third kappa shape index (κ3) is 2.33. The van der Waals surface area contributed by atoms with Gasteiger partial charge in [-0.3, -0.25) is 0 Å². The first-order valence-electron chi connectivity index (χ1n) is 5.37. The molecule has 0 radical (unpaired) electrons. The van der Waals surface area contributed by atoms with Crippen molar-refractivity contribution in [2.75, 3.05) is 6.61 Å². The molecule has 0 bridgehead atoms. The zero-order chi connectivity index (χ0) is 12.3. The molecular formula is C12H13N3O2. The maximum absolute atomic E-state index is 11.4. The maximum Gasteiger partial charge on any atom is 0.378 e. The molecule has 5 heteroatoms. The van der Waals surface area contributed by atoms with Crippen molar-refractivity contribution in [3.05, 3.63) is 42.0 Å². The van der Waals surface area contributed by atoms with Crippen LogP contribution in [-0.4, -0.2) is 27.3 Å². The lowest BCUT2D eigenvalue weighted by atomic mass is 10.2. The van der Waals surface area contributed by atoms with Crippen molar-refractivity contribution in [1.82, 2.24) is 14.8 Å². The van der Waals surface area contributed by atoms with Gasteiger partial charge in [0.1, 0.15) is 6.33 Å². The largest absolute Gasteiger partial charge is 0.460 e. The number of aromatic nitrogens is 3. The highest BCUT2D eigenvalue weighted by molar-refractivity contribution is 5.84. The Hall–Kier alpha value is -2.17. The van der Waals surface area contributed by atoms with Crippen molar-refractivity contribution in [3.63, 3.8) is 0 Å². The van der Waals surface area contributed by atoms with Crippen LogP contribution in [0.3, 0.4) is 0 Å². The van der Waals surface area contributed by atoms with E-state index >= 15 is 0 Å². The molecule has 0 unspecified atom stereocenters. The molecule has 2 rings (SSSR count). The number of hydrogen-bond acceptors (Lipinski definition) is 4. The number of carbonyl (C=O) groups is 1. The molecule has 0 atom stereocenters. The Bertz CT molecular complexity index is 534. The van der Waals surface area contributed by atoms with Gasteiger partial charge >= 0.3 is 5.97 Å². The molecule has 2 aromatic rings. The van der Waals surface area contributed by atoms with Crippen LogP contribution in [0.1, 0.15) is 23.1 Å².